The number of H-pyrrole nitrogens is 1. The maximum Gasteiger partial charge on any atom is 0.219 e. The fourth-order valence-corrected chi connectivity index (χ4v) is 3.39. The molecule has 130 valence electrons. The van der Waals surface area contributed by atoms with E-state index in [9.17, 15) is 10.1 Å². The summed E-state index contributed by atoms with van der Waals surface area (Å²) in [5.74, 6) is 1.46. The molecule has 3 rings (SSSR count). The smallest absolute Gasteiger partial charge is 0.219 e. The Kier molecular flexibility index (Phi) is 4.91. The van der Waals surface area contributed by atoms with Gasteiger partial charge >= 0.3 is 0 Å². The first-order valence-electron chi connectivity index (χ1n) is 8.13. The van der Waals surface area contributed by atoms with E-state index in [1.807, 2.05) is 24.0 Å². The van der Waals surface area contributed by atoms with Crippen molar-refractivity contribution < 1.29 is 4.79 Å². The summed E-state index contributed by atoms with van der Waals surface area (Å²) < 4.78 is 0. The highest BCUT2D eigenvalue weighted by Gasteiger charge is 2.26. The zero-order valence-electron chi connectivity index (χ0n) is 14.1. The highest BCUT2D eigenvalue weighted by Crippen LogP contribution is 2.34. The second-order valence-electron chi connectivity index (χ2n) is 6.22. The molecule has 25 heavy (non-hydrogen) atoms. The van der Waals surface area contributed by atoms with Crippen LogP contribution in [0.3, 0.4) is 0 Å². The number of nitrogens with one attached hydrogen (secondary N) is 2. The Morgan fingerprint density at radius 2 is 2.12 bits per heavy atom. The first-order chi connectivity index (χ1) is 12.0. The van der Waals surface area contributed by atoms with Crippen LogP contribution in [0.2, 0.25) is 5.15 Å². The SMILES string of the molecule is CC(=O)N1CCC(c2cc(Nc3cc(C)[nH]n3)nc(Cl)c2C#N)CC1. The zero-order chi connectivity index (χ0) is 18.0. The molecule has 3 heterocycles. The lowest BCUT2D eigenvalue weighted by molar-refractivity contribution is -0.129. The highest BCUT2D eigenvalue weighted by atomic mass is 35.5. The summed E-state index contributed by atoms with van der Waals surface area (Å²) in [7, 11) is 0. The van der Waals surface area contributed by atoms with Crippen molar-refractivity contribution in [2.45, 2.75) is 32.6 Å². The van der Waals surface area contributed by atoms with Crippen molar-refractivity contribution in [3.8, 4) is 6.07 Å². The standard InChI is InChI=1S/C17H19ClN6O/c1-10-7-16(23-22-10)20-15-8-13(14(9-19)17(18)21-15)12-3-5-24(6-4-12)11(2)25/h7-8,12H,3-6H2,1-2H3,(H2,20,21,22,23). The summed E-state index contributed by atoms with van der Waals surface area (Å²) in [4.78, 5) is 17.6. The normalized spacial score (nSPS) is 15.0. The van der Waals surface area contributed by atoms with Crippen molar-refractivity contribution in [2.75, 3.05) is 18.4 Å². The summed E-state index contributed by atoms with van der Waals surface area (Å²) in [6.07, 6.45) is 1.60. The quantitative estimate of drug-likeness (QED) is 0.821. The summed E-state index contributed by atoms with van der Waals surface area (Å²) in [6, 6.07) is 5.89. The van der Waals surface area contributed by atoms with E-state index in [1.54, 1.807) is 6.92 Å². The van der Waals surface area contributed by atoms with Gasteiger partial charge in [0.2, 0.25) is 5.91 Å². The molecule has 1 aliphatic rings. The monoisotopic (exact) mass is 358 g/mol. The second kappa shape index (κ2) is 7.11. The average molecular weight is 359 g/mol. The van der Waals surface area contributed by atoms with Gasteiger partial charge in [-0.1, -0.05) is 11.6 Å². The van der Waals surface area contributed by atoms with Crippen LogP contribution in [-0.4, -0.2) is 39.1 Å². The number of aryl methyl sites for hydroxylation is 1. The minimum atomic E-state index is 0.0861. The maximum absolute atomic E-state index is 11.5. The lowest BCUT2D eigenvalue weighted by atomic mass is 9.87. The number of halogens is 1. The molecule has 8 heteroatoms. The third kappa shape index (κ3) is 3.74. The molecule has 0 atom stereocenters. The van der Waals surface area contributed by atoms with E-state index < -0.39 is 0 Å². The van der Waals surface area contributed by atoms with Crippen molar-refractivity contribution >= 4 is 29.1 Å². The summed E-state index contributed by atoms with van der Waals surface area (Å²) in [6.45, 7) is 4.86. The van der Waals surface area contributed by atoms with Gasteiger partial charge in [0.25, 0.3) is 0 Å². The number of piperidine rings is 1. The van der Waals surface area contributed by atoms with Crippen molar-refractivity contribution in [3.05, 3.63) is 34.1 Å². The molecule has 0 aromatic carbocycles. The molecule has 0 aliphatic carbocycles. The molecule has 2 aromatic rings. The molecule has 0 unspecified atom stereocenters. The molecule has 0 saturated carbocycles. The molecule has 2 N–H and O–H groups in total. The first-order valence-corrected chi connectivity index (χ1v) is 8.51. The van der Waals surface area contributed by atoms with Gasteiger partial charge in [0, 0.05) is 31.8 Å². The minimum absolute atomic E-state index is 0.0861. The molecular formula is C17H19ClN6O. The molecule has 0 spiro atoms. The van der Waals surface area contributed by atoms with Crippen LogP contribution in [0, 0.1) is 18.3 Å². The minimum Gasteiger partial charge on any atom is -0.343 e. The van der Waals surface area contributed by atoms with Gasteiger partial charge in [-0.3, -0.25) is 9.89 Å². The number of carbonyl (C=O) groups excluding carboxylic acids is 1. The number of aromatic nitrogens is 3. The number of pyridine rings is 1. The van der Waals surface area contributed by atoms with E-state index >= 15 is 0 Å². The topological polar surface area (TPSA) is 97.7 Å². The molecule has 1 saturated heterocycles. The number of nitrogens with zero attached hydrogens (tertiary/aromatic N) is 4. The van der Waals surface area contributed by atoms with E-state index in [2.05, 4.69) is 26.6 Å². The molecule has 2 aromatic heterocycles. The molecule has 1 amide bonds. The van der Waals surface area contributed by atoms with Gasteiger partial charge in [0.1, 0.15) is 17.0 Å². The van der Waals surface area contributed by atoms with Crippen LogP contribution in [0.1, 0.15) is 42.5 Å². The Morgan fingerprint density at radius 3 is 2.68 bits per heavy atom. The van der Waals surface area contributed by atoms with Gasteiger partial charge in [-0.05, 0) is 37.3 Å². The first kappa shape index (κ1) is 17.2. The average Bonchev–Trinajstić information content (AvgIpc) is 2.99. The van der Waals surface area contributed by atoms with E-state index in [0.717, 1.165) is 24.1 Å². The molecule has 0 radical (unpaired) electrons. The molecule has 1 fully saturated rings. The number of nitriles is 1. The van der Waals surface area contributed by atoms with E-state index in [0.29, 0.717) is 30.3 Å². The van der Waals surface area contributed by atoms with Gasteiger partial charge in [-0.25, -0.2) is 4.98 Å². The van der Waals surface area contributed by atoms with E-state index in [4.69, 9.17) is 11.6 Å². The van der Waals surface area contributed by atoms with Gasteiger partial charge in [0.05, 0.1) is 5.56 Å². The Labute approximate surface area is 151 Å². The summed E-state index contributed by atoms with van der Waals surface area (Å²) in [5, 5.41) is 19.8. The highest BCUT2D eigenvalue weighted by molar-refractivity contribution is 6.30. The lowest BCUT2D eigenvalue weighted by Crippen LogP contribution is -2.36. The van der Waals surface area contributed by atoms with Gasteiger partial charge < -0.3 is 10.2 Å². The van der Waals surface area contributed by atoms with Crippen molar-refractivity contribution in [3.63, 3.8) is 0 Å². The van der Waals surface area contributed by atoms with Crippen LogP contribution >= 0.6 is 11.6 Å². The van der Waals surface area contributed by atoms with Crippen LogP contribution in [-0.2, 0) is 4.79 Å². The molecule has 0 bridgehead atoms. The van der Waals surface area contributed by atoms with Crippen LogP contribution < -0.4 is 5.32 Å². The van der Waals surface area contributed by atoms with E-state index in [-0.39, 0.29) is 17.0 Å². The van der Waals surface area contributed by atoms with Crippen molar-refractivity contribution in [2.24, 2.45) is 0 Å². The predicted molar refractivity (Wildman–Crippen MR) is 94.8 cm³/mol. The number of anilines is 2. The number of likely N-dealkylation sites (tertiary alicyclic amines) is 1. The molecule has 1 aliphatic heterocycles. The van der Waals surface area contributed by atoms with Crippen LogP contribution in [0.4, 0.5) is 11.6 Å². The fraction of sp³-hybridized carbons (Fsp3) is 0.412. The zero-order valence-corrected chi connectivity index (χ0v) is 14.9. The van der Waals surface area contributed by atoms with Gasteiger partial charge in [-0.2, -0.15) is 10.4 Å². The number of amides is 1. The molecular weight excluding hydrogens is 340 g/mol. The lowest BCUT2D eigenvalue weighted by Gasteiger charge is -2.32. The number of hydrogen-bond donors (Lipinski definition) is 2. The Balaban J connectivity index is 1.87. The Hall–Kier alpha value is -2.59. The predicted octanol–water partition coefficient (Wildman–Crippen LogP) is 3.11. The number of carbonyl (C=O) groups is 1. The van der Waals surface area contributed by atoms with Crippen molar-refractivity contribution in [1.29, 1.82) is 5.26 Å². The third-order valence-corrected chi connectivity index (χ3v) is 4.73. The largest absolute Gasteiger partial charge is 0.343 e. The van der Waals surface area contributed by atoms with Crippen LogP contribution in [0.5, 0.6) is 0 Å². The van der Waals surface area contributed by atoms with Crippen LogP contribution in [0.25, 0.3) is 0 Å². The van der Waals surface area contributed by atoms with E-state index in [1.165, 1.54) is 0 Å². The second-order valence-corrected chi connectivity index (χ2v) is 6.57. The molecule has 7 nitrogen and oxygen atoms in total. The number of rotatable bonds is 3. The summed E-state index contributed by atoms with van der Waals surface area (Å²) in [5.41, 5.74) is 2.21. The van der Waals surface area contributed by atoms with Gasteiger partial charge in [-0.15, -0.1) is 0 Å². The fourth-order valence-electron chi connectivity index (χ4n) is 3.15. The Bertz CT molecular complexity index is 832. The number of aromatic amines is 1. The Morgan fingerprint density at radius 1 is 1.40 bits per heavy atom. The number of hydrogen-bond acceptors (Lipinski definition) is 5. The maximum atomic E-state index is 11.5. The van der Waals surface area contributed by atoms with Crippen LogP contribution in [0.15, 0.2) is 12.1 Å². The van der Waals surface area contributed by atoms with Gasteiger partial charge in [0.15, 0.2) is 5.82 Å². The third-order valence-electron chi connectivity index (χ3n) is 4.46. The van der Waals surface area contributed by atoms with Crippen molar-refractivity contribution in [1.82, 2.24) is 20.1 Å². The summed E-state index contributed by atoms with van der Waals surface area (Å²) >= 11 is 6.24.